The lowest BCUT2D eigenvalue weighted by molar-refractivity contribution is 0.322. The Morgan fingerprint density at radius 2 is 2.06 bits per heavy atom. The summed E-state index contributed by atoms with van der Waals surface area (Å²) < 4.78 is 0. The number of benzene rings is 1. The number of hydrogen-bond donors (Lipinski definition) is 1. The highest BCUT2D eigenvalue weighted by Gasteiger charge is 2.26. The molecule has 0 radical (unpaired) electrons. The van der Waals surface area contributed by atoms with Crippen LogP contribution in [0, 0.1) is 17.2 Å². The number of para-hydroxylation sites is 1. The van der Waals surface area contributed by atoms with Crippen molar-refractivity contribution in [2.24, 2.45) is 5.92 Å². The van der Waals surface area contributed by atoms with Gasteiger partial charge in [0.1, 0.15) is 6.07 Å². The van der Waals surface area contributed by atoms with Gasteiger partial charge < -0.3 is 10.6 Å². The van der Waals surface area contributed by atoms with E-state index in [-0.39, 0.29) is 0 Å². The van der Waals surface area contributed by atoms with Crippen molar-refractivity contribution in [3.63, 3.8) is 0 Å². The summed E-state index contributed by atoms with van der Waals surface area (Å²) in [7, 11) is 2.10. The van der Waals surface area contributed by atoms with Crippen LogP contribution < -0.4 is 10.6 Å². The van der Waals surface area contributed by atoms with E-state index in [9.17, 15) is 0 Å². The lowest BCUT2D eigenvalue weighted by atomic mass is 9.85. The first kappa shape index (κ1) is 12.8. The predicted octanol–water partition coefficient (Wildman–Crippen LogP) is 3.16. The third-order valence-corrected chi connectivity index (χ3v) is 4.15. The van der Waals surface area contributed by atoms with Crippen LogP contribution in [0.4, 0.5) is 11.4 Å². The van der Waals surface area contributed by atoms with E-state index in [0.717, 1.165) is 5.69 Å². The van der Waals surface area contributed by atoms with E-state index >= 15 is 0 Å². The summed E-state index contributed by atoms with van der Waals surface area (Å²) in [5.74, 6) is 0.689. The monoisotopic (exact) mass is 243 g/mol. The lowest BCUT2D eigenvalue weighted by Gasteiger charge is -2.38. The number of nitrogen functional groups attached to an aromatic ring is 1. The zero-order chi connectivity index (χ0) is 13.1. The van der Waals surface area contributed by atoms with Gasteiger partial charge in [-0.3, -0.25) is 0 Å². The Labute approximate surface area is 109 Å². The van der Waals surface area contributed by atoms with Crippen molar-refractivity contribution < 1.29 is 0 Å². The minimum absolute atomic E-state index is 0.537. The van der Waals surface area contributed by atoms with Crippen molar-refractivity contribution in [2.45, 2.75) is 38.6 Å². The second-order valence-corrected chi connectivity index (χ2v) is 5.29. The van der Waals surface area contributed by atoms with Gasteiger partial charge in [-0.05, 0) is 30.9 Å². The number of rotatable bonds is 2. The number of nitrogens with two attached hydrogens (primary N) is 1. The van der Waals surface area contributed by atoms with Crippen molar-refractivity contribution in [3.8, 4) is 6.07 Å². The SMILES string of the molecule is CC1CCCCC1N(C)c1cccc(C#N)c1N. The minimum atomic E-state index is 0.537. The van der Waals surface area contributed by atoms with Gasteiger partial charge in [0.25, 0.3) is 0 Å². The highest BCUT2D eigenvalue weighted by molar-refractivity contribution is 5.74. The molecule has 2 atom stereocenters. The Balaban J connectivity index is 2.28. The molecule has 0 aromatic heterocycles. The molecule has 0 saturated heterocycles. The molecule has 0 heterocycles. The number of nitriles is 1. The third-order valence-electron chi connectivity index (χ3n) is 4.15. The molecular weight excluding hydrogens is 222 g/mol. The molecule has 1 aliphatic carbocycles. The van der Waals surface area contributed by atoms with Crippen molar-refractivity contribution >= 4 is 11.4 Å². The van der Waals surface area contributed by atoms with Gasteiger partial charge in [0.05, 0.1) is 16.9 Å². The number of anilines is 2. The molecule has 2 N–H and O–H groups in total. The van der Waals surface area contributed by atoms with E-state index in [2.05, 4.69) is 24.9 Å². The molecule has 2 rings (SSSR count). The molecular formula is C15H21N3. The molecule has 1 saturated carbocycles. The van der Waals surface area contributed by atoms with Crippen LogP contribution in [0.5, 0.6) is 0 Å². The van der Waals surface area contributed by atoms with Crippen molar-refractivity contribution in [1.29, 1.82) is 5.26 Å². The van der Waals surface area contributed by atoms with Gasteiger partial charge in [0, 0.05) is 13.1 Å². The van der Waals surface area contributed by atoms with Crippen LogP contribution in [0.25, 0.3) is 0 Å². The fourth-order valence-electron chi connectivity index (χ4n) is 3.01. The fraction of sp³-hybridized carbons (Fsp3) is 0.533. The molecule has 1 aliphatic rings. The van der Waals surface area contributed by atoms with Crippen LogP contribution in [0.15, 0.2) is 18.2 Å². The van der Waals surface area contributed by atoms with Gasteiger partial charge in [-0.2, -0.15) is 5.26 Å². The fourth-order valence-corrected chi connectivity index (χ4v) is 3.01. The molecule has 2 unspecified atom stereocenters. The van der Waals surface area contributed by atoms with E-state index in [1.54, 1.807) is 6.07 Å². The topological polar surface area (TPSA) is 53.0 Å². The molecule has 96 valence electrons. The number of nitrogens with zero attached hydrogens (tertiary/aromatic N) is 2. The summed E-state index contributed by atoms with van der Waals surface area (Å²) >= 11 is 0. The summed E-state index contributed by atoms with van der Waals surface area (Å²) in [4.78, 5) is 2.26. The third kappa shape index (κ3) is 2.28. The highest BCUT2D eigenvalue weighted by atomic mass is 15.1. The Kier molecular flexibility index (Phi) is 3.76. The van der Waals surface area contributed by atoms with Gasteiger partial charge in [-0.25, -0.2) is 0 Å². The van der Waals surface area contributed by atoms with Gasteiger partial charge in [0.2, 0.25) is 0 Å². The van der Waals surface area contributed by atoms with Crippen molar-refractivity contribution in [2.75, 3.05) is 17.7 Å². The van der Waals surface area contributed by atoms with Crippen LogP contribution in [0.1, 0.15) is 38.2 Å². The smallest absolute Gasteiger partial charge is 0.101 e. The molecule has 1 aromatic carbocycles. The van der Waals surface area contributed by atoms with E-state index in [1.165, 1.54) is 25.7 Å². The predicted molar refractivity (Wildman–Crippen MR) is 75.4 cm³/mol. The molecule has 0 amide bonds. The van der Waals surface area contributed by atoms with Gasteiger partial charge in [0.15, 0.2) is 0 Å². The average Bonchev–Trinajstić information content (AvgIpc) is 2.39. The molecule has 3 heteroatoms. The Morgan fingerprint density at radius 3 is 2.72 bits per heavy atom. The van der Waals surface area contributed by atoms with Crippen LogP contribution in [0.2, 0.25) is 0 Å². The zero-order valence-corrected chi connectivity index (χ0v) is 11.2. The molecule has 1 fully saturated rings. The van der Waals surface area contributed by atoms with E-state index < -0.39 is 0 Å². The average molecular weight is 243 g/mol. The Hall–Kier alpha value is -1.69. The van der Waals surface area contributed by atoms with Crippen molar-refractivity contribution in [3.05, 3.63) is 23.8 Å². The van der Waals surface area contributed by atoms with Gasteiger partial charge in [-0.15, -0.1) is 0 Å². The molecule has 0 aliphatic heterocycles. The number of hydrogen-bond acceptors (Lipinski definition) is 3. The van der Waals surface area contributed by atoms with Crippen LogP contribution >= 0.6 is 0 Å². The molecule has 18 heavy (non-hydrogen) atoms. The Morgan fingerprint density at radius 1 is 1.33 bits per heavy atom. The summed E-state index contributed by atoms with van der Waals surface area (Å²) in [6.07, 6.45) is 5.12. The molecule has 0 spiro atoms. The first-order valence-corrected chi connectivity index (χ1v) is 6.66. The zero-order valence-electron chi connectivity index (χ0n) is 11.2. The van der Waals surface area contributed by atoms with Crippen LogP contribution in [0.3, 0.4) is 0 Å². The summed E-state index contributed by atoms with van der Waals surface area (Å²) in [6.45, 7) is 2.31. The summed E-state index contributed by atoms with van der Waals surface area (Å²) in [6, 6.07) is 8.39. The lowest BCUT2D eigenvalue weighted by Crippen LogP contribution is -2.39. The van der Waals surface area contributed by atoms with Crippen molar-refractivity contribution in [1.82, 2.24) is 0 Å². The van der Waals surface area contributed by atoms with E-state index in [0.29, 0.717) is 23.2 Å². The van der Waals surface area contributed by atoms with E-state index in [4.69, 9.17) is 11.0 Å². The van der Waals surface area contributed by atoms with Gasteiger partial charge in [-0.1, -0.05) is 25.8 Å². The normalized spacial score (nSPS) is 23.4. The molecule has 1 aromatic rings. The maximum Gasteiger partial charge on any atom is 0.101 e. The first-order valence-electron chi connectivity index (χ1n) is 6.66. The van der Waals surface area contributed by atoms with Crippen LogP contribution in [-0.4, -0.2) is 13.1 Å². The molecule has 3 nitrogen and oxygen atoms in total. The standard InChI is InChI=1S/C15H21N3/c1-11-6-3-4-8-13(11)18(2)14-9-5-7-12(10-16)15(14)17/h5,7,9,11,13H,3-4,6,8,17H2,1-2H3. The van der Waals surface area contributed by atoms with Crippen LogP contribution in [-0.2, 0) is 0 Å². The van der Waals surface area contributed by atoms with E-state index in [1.807, 2.05) is 12.1 Å². The Bertz CT molecular complexity index is 461. The van der Waals surface area contributed by atoms with Gasteiger partial charge >= 0.3 is 0 Å². The maximum absolute atomic E-state index is 9.04. The second kappa shape index (κ2) is 5.30. The second-order valence-electron chi connectivity index (χ2n) is 5.29. The summed E-state index contributed by atoms with van der Waals surface area (Å²) in [5, 5.41) is 9.04. The first-order chi connectivity index (χ1) is 8.65. The minimum Gasteiger partial charge on any atom is -0.396 e. The highest BCUT2D eigenvalue weighted by Crippen LogP contribution is 2.33. The molecule has 0 bridgehead atoms. The summed E-state index contributed by atoms with van der Waals surface area (Å²) in [5.41, 5.74) is 8.26. The largest absolute Gasteiger partial charge is 0.396 e. The quantitative estimate of drug-likeness (QED) is 0.812. The maximum atomic E-state index is 9.04.